The third-order valence-electron chi connectivity index (χ3n) is 2.90. The van der Waals surface area contributed by atoms with E-state index >= 15 is 0 Å². The summed E-state index contributed by atoms with van der Waals surface area (Å²) in [5, 5.41) is 12.2. The van der Waals surface area contributed by atoms with Crippen molar-refractivity contribution >= 4 is 29.0 Å². The van der Waals surface area contributed by atoms with E-state index in [9.17, 15) is 4.79 Å². The first kappa shape index (κ1) is 14.8. The minimum Gasteiger partial charge on any atom is -0.409 e. The number of pyridine rings is 1. The summed E-state index contributed by atoms with van der Waals surface area (Å²) < 4.78 is 0. The molecule has 0 saturated heterocycles. The van der Waals surface area contributed by atoms with Crippen molar-refractivity contribution in [2.45, 2.75) is 0 Å². The summed E-state index contributed by atoms with van der Waals surface area (Å²) >= 11 is 5.75. The zero-order valence-corrected chi connectivity index (χ0v) is 11.9. The standard InChI is InChI=1S/C14H13ClN4O2/c1-19(14(20)11-7-6-9(15)8-17-11)12-5-3-2-4-10(12)13(16)18-21/h2-8,21H,1H3,(H2,16,18). The maximum atomic E-state index is 12.4. The maximum Gasteiger partial charge on any atom is 0.276 e. The predicted molar refractivity (Wildman–Crippen MR) is 80.9 cm³/mol. The highest BCUT2D eigenvalue weighted by Gasteiger charge is 2.18. The van der Waals surface area contributed by atoms with Crippen molar-refractivity contribution in [2.24, 2.45) is 10.9 Å². The molecule has 2 aromatic rings. The molecule has 0 aliphatic rings. The van der Waals surface area contributed by atoms with Crippen molar-refractivity contribution in [1.82, 2.24) is 4.98 Å². The second-order valence-electron chi connectivity index (χ2n) is 4.23. The van der Waals surface area contributed by atoms with E-state index in [1.165, 1.54) is 17.2 Å². The van der Waals surface area contributed by atoms with Gasteiger partial charge in [0.05, 0.1) is 10.7 Å². The highest BCUT2D eigenvalue weighted by molar-refractivity contribution is 6.30. The fraction of sp³-hybridized carbons (Fsp3) is 0.0714. The minimum absolute atomic E-state index is 0.0747. The van der Waals surface area contributed by atoms with Crippen LogP contribution in [0.3, 0.4) is 0 Å². The van der Waals surface area contributed by atoms with E-state index in [0.29, 0.717) is 16.3 Å². The van der Waals surface area contributed by atoms with Crippen molar-refractivity contribution in [2.75, 3.05) is 11.9 Å². The van der Waals surface area contributed by atoms with Gasteiger partial charge < -0.3 is 15.8 Å². The van der Waals surface area contributed by atoms with Crippen molar-refractivity contribution in [3.8, 4) is 0 Å². The summed E-state index contributed by atoms with van der Waals surface area (Å²) in [4.78, 5) is 17.8. The molecule has 0 saturated carbocycles. The van der Waals surface area contributed by atoms with Gasteiger partial charge in [0.15, 0.2) is 5.84 Å². The molecule has 1 heterocycles. The topological polar surface area (TPSA) is 91.8 Å². The Balaban J connectivity index is 2.38. The third kappa shape index (κ3) is 3.11. The summed E-state index contributed by atoms with van der Waals surface area (Å²) in [6.07, 6.45) is 1.40. The summed E-state index contributed by atoms with van der Waals surface area (Å²) in [5.41, 5.74) is 6.82. The molecule has 2 rings (SSSR count). The van der Waals surface area contributed by atoms with Crippen LogP contribution in [-0.2, 0) is 0 Å². The second kappa shape index (κ2) is 6.23. The Morgan fingerprint density at radius 2 is 2.05 bits per heavy atom. The van der Waals surface area contributed by atoms with Gasteiger partial charge >= 0.3 is 0 Å². The Bertz CT molecular complexity index is 686. The lowest BCUT2D eigenvalue weighted by atomic mass is 10.1. The quantitative estimate of drug-likeness (QED) is 0.393. The largest absolute Gasteiger partial charge is 0.409 e. The SMILES string of the molecule is CN(C(=O)c1ccc(Cl)cn1)c1ccccc1/C(N)=N/O. The van der Waals surface area contributed by atoms with E-state index in [-0.39, 0.29) is 17.4 Å². The first-order valence-electron chi connectivity index (χ1n) is 6.01. The Morgan fingerprint density at radius 1 is 1.33 bits per heavy atom. The molecule has 0 bridgehead atoms. The minimum atomic E-state index is -0.329. The molecule has 0 radical (unpaired) electrons. The van der Waals surface area contributed by atoms with Crippen LogP contribution in [0.4, 0.5) is 5.69 Å². The van der Waals surface area contributed by atoms with Crippen LogP contribution in [0.1, 0.15) is 16.1 Å². The Hall–Kier alpha value is -2.60. The number of hydrogen-bond acceptors (Lipinski definition) is 4. The van der Waals surface area contributed by atoms with E-state index in [1.54, 1.807) is 37.4 Å². The lowest BCUT2D eigenvalue weighted by molar-refractivity contribution is 0.0988. The molecule has 108 valence electrons. The fourth-order valence-electron chi connectivity index (χ4n) is 1.82. The van der Waals surface area contributed by atoms with Gasteiger partial charge in [-0.3, -0.25) is 4.79 Å². The molecule has 1 amide bonds. The number of amidine groups is 1. The van der Waals surface area contributed by atoms with Gasteiger partial charge in [-0.2, -0.15) is 0 Å². The fourth-order valence-corrected chi connectivity index (χ4v) is 1.93. The summed E-state index contributed by atoms with van der Waals surface area (Å²) in [6.45, 7) is 0. The van der Waals surface area contributed by atoms with Crippen LogP contribution in [0.25, 0.3) is 0 Å². The van der Waals surface area contributed by atoms with Gasteiger partial charge in [-0.25, -0.2) is 4.98 Å². The van der Waals surface area contributed by atoms with Crippen LogP contribution in [0.2, 0.25) is 5.02 Å². The van der Waals surface area contributed by atoms with Crippen LogP contribution in [0.15, 0.2) is 47.8 Å². The molecule has 6 nitrogen and oxygen atoms in total. The van der Waals surface area contributed by atoms with E-state index in [4.69, 9.17) is 22.5 Å². The maximum absolute atomic E-state index is 12.4. The number of hydrogen-bond donors (Lipinski definition) is 2. The van der Waals surface area contributed by atoms with Gasteiger partial charge in [-0.15, -0.1) is 0 Å². The lowest BCUT2D eigenvalue weighted by Crippen LogP contribution is -2.29. The van der Waals surface area contributed by atoms with Crippen LogP contribution in [0, 0.1) is 0 Å². The number of nitrogens with two attached hydrogens (primary N) is 1. The number of para-hydroxylation sites is 1. The normalized spacial score (nSPS) is 11.2. The van der Waals surface area contributed by atoms with Crippen LogP contribution in [-0.4, -0.2) is 29.0 Å². The molecule has 21 heavy (non-hydrogen) atoms. The molecule has 7 heteroatoms. The van der Waals surface area contributed by atoms with E-state index in [0.717, 1.165) is 0 Å². The van der Waals surface area contributed by atoms with Crippen molar-refractivity contribution in [1.29, 1.82) is 0 Å². The number of rotatable bonds is 3. The first-order chi connectivity index (χ1) is 10.0. The van der Waals surface area contributed by atoms with E-state index in [2.05, 4.69) is 10.1 Å². The van der Waals surface area contributed by atoms with Gasteiger partial charge in [0.25, 0.3) is 5.91 Å². The zero-order valence-electron chi connectivity index (χ0n) is 11.2. The highest BCUT2D eigenvalue weighted by atomic mass is 35.5. The number of amides is 1. The molecule has 0 spiro atoms. The van der Waals surface area contributed by atoms with E-state index in [1.807, 2.05) is 0 Å². The summed E-state index contributed by atoms with van der Waals surface area (Å²) in [6, 6.07) is 9.96. The van der Waals surface area contributed by atoms with Gasteiger partial charge in [0.1, 0.15) is 5.69 Å². The third-order valence-corrected chi connectivity index (χ3v) is 3.12. The average molecular weight is 305 g/mol. The molecule has 0 aliphatic carbocycles. The molecular formula is C14H13ClN4O2. The van der Waals surface area contributed by atoms with Crippen molar-refractivity contribution in [3.63, 3.8) is 0 Å². The molecule has 0 unspecified atom stereocenters. The molecule has 0 atom stereocenters. The number of benzene rings is 1. The van der Waals surface area contributed by atoms with Gasteiger partial charge in [-0.05, 0) is 24.3 Å². The number of carbonyl (C=O) groups excluding carboxylic acids is 1. The number of carbonyl (C=O) groups is 1. The van der Waals surface area contributed by atoms with Crippen LogP contribution >= 0.6 is 11.6 Å². The van der Waals surface area contributed by atoms with Crippen LogP contribution in [0.5, 0.6) is 0 Å². The number of aromatic nitrogens is 1. The monoisotopic (exact) mass is 304 g/mol. The lowest BCUT2D eigenvalue weighted by Gasteiger charge is -2.19. The predicted octanol–water partition coefficient (Wildman–Crippen LogP) is 2.11. The first-order valence-corrected chi connectivity index (χ1v) is 6.39. The Kier molecular flexibility index (Phi) is 4.39. The van der Waals surface area contributed by atoms with Crippen molar-refractivity contribution < 1.29 is 10.0 Å². The average Bonchev–Trinajstić information content (AvgIpc) is 2.53. The summed E-state index contributed by atoms with van der Waals surface area (Å²) in [5.74, 6) is -0.404. The number of nitrogens with zero attached hydrogens (tertiary/aromatic N) is 3. The zero-order chi connectivity index (χ0) is 15.4. The molecule has 0 fully saturated rings. The summed E-state index contributed by atoms with van der Waals surface area (Å²) in [7, 11) is 1.59. The van der Waals surface area contributed by atoms with E-state index < -0.39 is 0 Å². The number of anilines is 1. The Labute approximate surface area is 126 Å². The highest BCUT2D eigenvalue weighted by Crippen LogP contribution is 2.20. The smallest absolute Gasteiger partial charge is 0.276 e. The molecule has 0 aliphatic heterocycles. The molecular weight excluding hydrogens is 292 g/mol. The Morgan fingerprint density at radius 3 is 2.67 bits per heavy atom. The van der Waals surface area contributed by atoms with Crippen molar-refractivity contribution in [3.05, 3.63) is 58.9 Å². The second-order valence-corrected chi connectivity index (χ2v) is 4.66. The van der Waals surface area contributed by atoms with Gasteiger partial charge in [0.2, 0.25) is 0 Å². The number of halogens is 1. The molecule has 1 aromatic carbocycles. The molecule has 3 N–H and O–H groups in total. The van der Waals surface area contributed by atoms with Gasteiger partial charge in [-0.1, -0.05) is 28.9 Å². The molecule has 1 aromatic heterocycles. The number of oxime groups is 1. The van der Waals surface area contributed by atoms with Crippen LogP contribution < -0.4 is 10.6 Å². The van der Waals surface area contributed by atoms with Gasteiger partial charge in [0, 0.05) is 18.8 Å².